The molecule has 0 unspecified atom stereocenters. The molecule has 0 bridgehead atoms. The Morgan fingerprint density at radius 3 is 2.19 bits per heavy atom. The molecule has 3 N–H and O–H groups in total. The molecule has 0 atom stereocenters. The molecule has 1 aromatic carbocycles. The Morgan fingerprint density at radius 2 is 1.62 bits per heavy atom. The highest BCUT2D eigenvalue weighted by molar-refractivity contribution is 6.00. The van der Waals surface area contributed by atoms with Crippen molar-refractivity contribution >= 4 is 11.8 Å². The summed E-state index contributed by atoms with van der Waals surface area (Å²) in [5.41, 5.74) is 5.82. The van der Waals surface area contributed by atoms with Crippen LogP contribution < -0.4 is 10.9 Å². The summed E-state index contributed by atoms with van der Waals surface area (Å²) in [5.74, 6) is -0.145. The molecule has 2 aromatic rings. The van der Waals surface area contributed by atoms with Crippen LogP contribution in [0.25, 0.3) is 0 Å². The Balaban J connectivity index is 2.06. The third kappa shape index (κ3) is 3.22. The maximum atomic E-state index is 11.9. The number of aromatic hydroxyl groups is 1. The number of hydrazine groups is 1. The van der Waals surface area contributed by atoms with Crippen molar-refractivity contribution in [1.82, 2.24) is 10.9 Å². The number of hydrogen-bond donors (Lipinski definition) is 3. The van der Waals surface area contributed by atoms with E-state index in [1.165, 1.54) is 12.1 Å². The van der Waals surface area contributed by atoms with Crippen molar-refractivity contribution < 1.29 is 19.1 Å². The normalized spacial score (nSPS) is 10.2. The number of rotatable bonds is 2. The highest BCUT2D eigenvalue weighted by Crippen LogP contribution is 2.17. The van der Waals surface area contributed by atoms with Gasteiger partial charge in [-0.05, 0) is 39.0 Å². The number of carbonyl (C=O) groups excluding carboxylic acids is 2. The van der Waals surface area contributed by atoms with Crippen LogP contribution in [0.4, 0.5) is 0 Å². The summed E-state index contributed by atoms with van der Waals surface area (Å²) in [6.45, 7) is 5.19. The quantitative estimate of drug-likeness (QED) is 0.737. The Morgan fingerprint density at radius 1 is 1.00 bits per heavy atom. The first-order chi connectivity index (χ1) is 9.88. The Labute approximate surface area is 121 Å². The summed E-state index contributed by atoms with van der Waals surface area (Å²) in [7, 11) is 0. The molecule has 1 aromatic heterocycles. The van der Waals surface area contributed by atoms with E-state index in [1.54, 1.807) is 32.9 Å². The molecule has 0 spiro atoms. The van der Waals surface area contributed by atoms with Gasteiger partial charge >= 0.3 is 0 Å². The highest BCUT2D eigenvalue weighted by Gasteiger charge is 2.16. The largest absolute Gasteiger partial charge is 0.507 e. The Bertz CT molecular complexity index is 704. The van der Waals surface area contributed by atoms with Crippen molar-refractivity contribution in [2.75, 3.05) is 0 Å². The summed E-state index contributed by atoms with van der Waals surface area (Å²) in [6.07, 6.45) is 0. The maximum Gasteiger partial charge on any atom is 0.273 e. The van der Waals surface area contributed by atoms with Crippen LogP contribution in [0.3, 0.4) is 0 Å². The second-order valence-electron chi connectivity index (χ2n) is 4.76. The van der Waals surface area contributed by atoms with Gasteiger partial charge < -0.3 is 9.52 Å². The maximum absolute atomic E-state index is 11.9. The zero-order valence-electron chi connectivity index (χ0n) is 12.0. The number of carbonyl (C=O) groups is 2. The summed E-state index contributed by atoms with van der Waals surface area (Å²) in [4.78, 5) is 23.9. The summed E-state index contributed by atoms with van der Waals surface area (Å²) in [6, 6.07) is 6.23. The van der Waals surface area contributed by atoms with Gasteiger partial charge in [0.25, 0.3) is 11.8 Å². The van der Waals surface area contributed by atoms with E-state index in [2.05, 4.69) is 10.9 Å². The van der Waals surface area contributed by atoms with Gasteiger partial charge in [0.15, 0.2) is 0 Å². The number of phenols is 1. The third-order valence-electron chi connectivity index (χ3n) is 2.97. The van der Waals surface area contributed by atoms with Crippen LogP contribution in [-0.4, -0.2) is 16.9 Å². The minimum absolute atomic E-state index is 0.0930. The molecular weight excluding hydrogens is 272 g/mol. The van der Waals surface area contributed by atoms with Crippen molar-refractivity contribution in [2.24, 2.45) is 0 Å². The fourth-order valence-corrected chi connectivity index (χ4v) is 1.94. The van der Waals surface area contributed by atoms with E-state index >= 15 is 0 Å². The van der Waals surface area contributed by atoms with Gasteiger partial charge in [0.05, 0.1) is 11.1 Å². The van der Waals surface area contributed by atoms with Crippen LogP contribution in [0.1, 0.15) is 37.8 Å². The zero-order valence-corrected chi connectivity index (χ0v) is 12.0. The third-order valence-corrected chi connectivity index (χ3v) is 2.97. The molecule has 21 heavy (non-hydrogen) atoms. The predicted molar refractivity (Wildman–Crippen MR) is 76.0 cm³/mol. The second kappa shape index (κ2) is 5.70. The molecule has 1 heterocycles. The van der Waals surface area contributed by atoms with Crippen molar-refractivity contribution in [3.05, 3.63) is 52.5 Å². The van der Waals surface area contributed by atoms with Gasteiger partial charge in [-0.25, -0.2) is 0 Å². The first-order valence-corrected chi connectivity index (χ1v) is 6.36. The average Bonchev–Trinajstić information content (AvgIpc) is 2.77. The SMILES string of the molecule is Cc1ccc(O)c(C(=O)NNC(=O)c2cc(C)oc2C)c1. The molecule has 6 nitrogen and oxygen atoms in total. The molecule has 110 valence electrons. The predicted octanol–water partition coefficient (Wildman–Crippen LogP) is 1.99. The number of amides is 2. The van der Waals surface area contributed by atoms with E-state index < -0.39 is 11.8 Å². The molecule has 0 aliphatic heterocycles. The van der Waals surface area contributed by atoms with Gasteiger partial charge in [-0.1, -0.05) is 11.6 Å². The monoisotopic (exact) mass is 288 g/mol. The number of hydrogen-bond acceptors (Lipinski definition) is 4. The lowest BCUT2D eigenvalue weighted by atomic mass is 10.1. The fraction of sp³-hybridized carbons (Fsp3) is 0.200. The van der Waals surface area contributed by atoms with Crippen LogP contribution in [0.2, 0.25) is 0 Å². The number of nitrogens with one attached hydrogen (secondary N) is 2. The Hall–Kier alpha value is -2.76. The van der Waals surface area contributed by atoms with Gasteiger partial charge in [-0.2, -0.15) is 0 Å². The topological polar surface area (TPSA) is 91.6 Å². The molecular formula is C15H16N2O4. The number of furan rings is 1. The summed E-state index contributed by atoms with van der Waals surface area (Å²) < 4.78 is 5.25. The minimum atomic E-state index is -0.595. The molecule has 2 amide bonds. The number of phenolic OH excluding ortho intramolecular Hbond substituents is 1. The van der Waals surface area contributed by atoms with Crippen LogP contribution in [0.5, 0.6) is 5.75 Å². The first-order valence-electron chi connectivity index (χ1n) is 6.36. The van der Waals surface area contributed by atoms with Gasteiger partial charge in [0, 0.05) is 0 Å². The standard InChI is InChI=1S/C15H16N2O4/c1-8-4-5-13(18)12(6-8)15(20)17-16-14(19)11-7-9(2)21-10(11)3/h4-7,18H,1-3H3,(H,16,19)(H,17,20). The van der Waals surface area contributed by atoms with E-state index in [1.807, 2.05) is 0 Å². The van der Waals surface area contributed by atoms with Crippen molar-refractivity contribution in [3.63, 3.8) is 0 Å². The van der Waals surface area contributed by atoms with Crippen LogP contribution in [0.15, 0.2) is 28.7 Å². The van der Waals surface area contributed by atoms with Crippen molar-refractivity contribution in [3.8, 4) is 5.75 Å². The van der Waals surface area contributed by atoms with Crippen molar-refractivity contribution in [1.29, 1.82) is 0 Å². The lowest BCUT2D eigenvalue weighted by molar-refractivity contribution is 0.0844. The molecule has 0 saturated heterocycles. The Kier molecular flexibility index (Phi) is 3.98. The highest BCUT2D eigenvalue weighted by atomic mass is 16.3. The van der Waals surface area contributed by atoms with E-state index in [0.29, 0.717) is 17.1 Å². The van der Waals surface area contributed by atoms with E-state index in [4.69, 9.17) is 4.42 Å². The molecule has 0 aliphatic carbocycles. The minimum Gasteiger partial charge on any atom is -0.507 e. The first kappa shape index (κ1) is 14.6. The van der Waals surface area contributed by atoms with Crippen LogP contribution in [0, 0.1) is 20.8 Å². The summed E-state index contributed by atoms with van der Waals surface area (Å²) >= 11 is 0. The zero-order chi connectivity index (χ0) is 15.6. The van der Waals surface area contributed by atoms with E-state index in [-0.39, 0.29) is 11.3 Å². The molecule has 0 aliphatic rings. The molecule has 2 rings (SSSR count). The lowest BCUT2D eigenvalue weighted by Crippen LogP contribution is -2.41. The second-order valence-corrected chi connectivity index (χ2v) is 4.76. The molecule has 0 fully saturated rings. The van der Waals surface area contributed by atoms with Crippen molar-refractivity contribution in [2.45, 2.75) is 20.8 Å². The fourth-order valence-electron chi connectivity index (χ4n) is 1.94. The van der Waals surface area contributed by atoms with Crippen LogP contribution >= 0.6 is 0 Å². The lowest BCUT2D eigenvalue weighted by Gasteiger charge is -2.08. The van der Waals surface area contributed by atoms with Gasteiger partial charge in [-0.15, -0.1) is 0 Å². The smallest absolute Gasteiger partial charge is 0.273 e. The molecule has 0 saturated carbocycles. The van der Waals surface area contributed by atoms with Gasteiger partial charge in [0.2, 0.25) is 0 Å². The average molecular weight is 288 g/mol. The number of benzene rings is 1. The van der Waals surface area contributed by atoms with Gasteiger partial charge in [-0.3, -0.25) is 20.4 Å². The number of aryl methyl sites for hydroxylation is 3. The molecule has 6 heteroatoms. The van der Waals surface area contributed by atoms with E-state index in [9.17, 15) is 14.7 Å². The van der Waals surface area contributed by atoms with Gasteiger partial charge in [0.1, 0.15) is 17.3 Å². The van der Waals surface area contributed by atoms with Crippen LogP contribution in [-0.2, 0) is 0 Å². The molecule has 0 radical (unpaired) electrons. The summed E-state index contributed by atoms with van der Waals surface area (Å²) in [5, 5.41) is 9.65. The van der Waals surface area contributed by atoms with E-state index in [0.717, 1.165) is 5.56 Å².